The molecule has 0 aliphatic rings. The van der Waals surface area contributed by atoms with Crippen LogP contribution in [0.1, 0.15) is 16.1 Å². The number of alkyl halides is 1. The molecule has 1 aromatic carbocycles. The molecule has 6 heteroatoms. The highest BCUT2D eigenvalue weighted by molar-refractivity contribution is 6.28. The summed E-state index contributed by atoms with van der Waals surface area (Å²) in [6, 6.07) is 10.3. The molecule has 0 aliphatic carbocycles. The predicted octanol–water partition coefficient (Wildman–Crippen LogP) is 2.44. The maximum absolute atomic E-state index is 11.9. The third-order valence-electron chi connectivity index (χ3n) is 2.54. The second kappa shape index (κ2) is 6.77. The van der Waals surface area contributed by atoms with E-state index in [2.05, 4.69) is 10.3 Å². The number of nitrogens with one attached hydrogen (secondary N) is 1. The van der Waals surface area contributed by atoms with Crippen molar-refractivity contribution in [2.45, 2.75) is 6.54 Å². The van der Waals surface area contributed by atoms with Gasteiger partial charge in [0.2, 0.25) is 0 Å². The Morgan fingerprint density at radius 1 is 1.30 bits per heavy atom. The molecular weight excluding hydrogens is 278 g/mol. The third kappa shape index (κ3) is 3.86. The zero-order chi connectivity index (χ0) is 14.4. The van der Waals surface area contributed by atoms with Gasteiger partial charge in [0.05, 0.1) is 24.4 Å². The van der Waals surface area contributed by atoms with Gasteiger partial charge in [-0.25, -0.2) is 4.99 Å². The van der Waals surface area contributed by atoms with Crippen molar-refractivity contribution in [3.63, 3.8) is 0 Å². The first kappa shape index (κ1) is 14.1. The van der Waals surface area contributed by atoms with Gasteiger partial charge in [0.1, 0.15) is 11.6 Å². The summed E-state index contributed by atoms with van der Waals surface area (Å²) in [6.07, 6.45) is 1.57. The number of amidine groups is 1. The number of rotatable bonds is 5. The monoisotopic (exact) mass is 291 g/mol. The Hall–Kier alpha value is -2.27. The van der Waals surface area contributed by atoms with Crippen LogP contribution in [0.15, 0.2) is 52.1 Å². The Labute approximate surface area is 121 Å². The Bertz CT molecular complexity index is 591. The second-order valence-electron chi connectivity index (χ2n) is 4.05. The van der Waals surface area contributed by atoms with Crippen molar-refractivity contribution in [2.75, 3.05) is 5.88 Å². The van der Waals surface area contributed by atoms with Crippen LogP contribution in [-0.4, -0.2) is 17.6 Å². The van der Waals surface area contributed by atoms with Crippen LogP contribution in [0.2, 0.25) is 0 Å². The quantitative estimate of drug-likeness (QED) is 0.504. The molecule has 0 fully saturated rings. The zero-order valence-corrected chi connectivity index (χ0v) is 11.4. The van der Waals surface area contributed by atoms with E-state index in [1.165, 1.54) is 0 Å². The number of amides is 1. The summed E-state index contributed by atoms with van der Waals surface area (Å²) in [5, 5.41) is 2.76. The van der Waals surface area contributed by atoms with Crippen LogP contribution in [0, 0.1) is 0 Å². The van der Waals surface area contributed by atoms with Crippen LogP contribution in [0.4, 0.5) is 5.69 Å². The molecule has 0 unspecified atom stereocenters. The molecule has 5 nitrogen and oxygen atoms in total. The molecule has 0 bridgehead atoms. The fourth-order valence-corrected chi connectivity index (χ4v) is 1.63. The summed E-state index contributed by atoms with van der Waals surface area (Å²) in [6.45, 7) is 0.352. The van der Waals surface area contributed by atoms with E-state index in [1.807, 2.05) is 0 Å². The standard InChI is InChI=1S/C14H14ClN3O2/c15-8-13(16)18-11-5-3-10(4-6-11)14(19)17-9-12-2-1-7-20-12/h1-7H,8-9H2,(H2,16,18)(H,17,19). The maximum Gasteiger partial charge on any atom is 0.251 e. The highest BCUT2D eigenvalue weighted by Crippen LogP contribution is 2.13. The summed E-state index contributed by atoms with van der Waals surface area (Å²) in [4.78, 5) is 16.0. The first-order valence-electron chi connectivity index (χ1n) is 5.98. The van der Waals surface area contributed by atoms with E-state index >= 15 is 0 Å². The fraction of sp³-hybridized carbons (Fsp3) is 0.143. The number of nitrogens with zero attached hydrogens (tertiary/aromatic N) is 1. The van der Waals surface area contributed by atoms with Gasteiger partial charge in [-0.3, -0.25) is 4.79 Å². The van der Waals surface area contributed by atoms with E-state index < -0.39 is 0 Å². The molecule has 3 N–H and O–H groups in total. The molecular formula is C14H14ClN3O2. The fourth-order valence-electron chi connectivity index (χ4n) is 1.57. The molecule has 0 saturated carbocycles. The number of hydrogen-bond acceptors (Lipinski definition) is 3. The van der Waals surface area contributed by atoms with Gasteiger partial charge in [-0.15, -0.1) is 11.6 Å². The number of furan rings is 1. The zero-order valence-electron chi connectivity index (χ0n) is 10.7. The van der Waals surface area contributed by atoms with Crippen LogP contribution in [-0.2, 0) is 6.54 Å². The van der Waals surface area contributed by atoms with E-state index in [-0.39, 0.29) is 11.8 Å². The minimum atomic E-state index is -0.178. The Morgan fingerprint density at radius 2 is 2.05 bits per heavy atom. The van der Waals surface area contributed by atoms with Crippen LogP contribution in [0.5, 0.6) is 0 Å². The number of carbonyl (C=O) groups excluding carboxylic acids is 1. The second-order valence-corrected chi connectivity index (χ2v) is 4.31. The number of nitrogens with two attached hydrogens (primary N) is 1. The molecule has 0 radical (unpaired) electrons. The average molecular weight is 292 g/mol. The van der Waals surface area contributed by atoms with Gasteiger partial charge in [-0.2, -0.15) is 0 Å². The van der Waals surface area contributed by atoms with E-state index in [0.29, 0.717) is 29.4 Å². The summed E-state index contributed by atoms with van der Waals surface area (Å²) < 4.78 is 5.14. The van der Waals surface area contributed by atoms with Gasteiger partial charge in [0.15, 0.2) is 0 Å². The molecule has 2 aromatic rings. The molecule has 1 amide bonds. The van der Waals surface area contributed by atoms with E-state index in [1.54, 1.807) is 42.7 Å². The predicted molar refractivity (Wildman–Crippen MR) is 78.3 cm³/mol. The Kier molecular flexibility index (Phi) is 4.79. The molecule has 0 spiro atoms. The van der Waals surface area contributed by atoms with Crippen molar-refractivity contribution in [2.24, 2.45) is 10.7 Å². The van der Waals surface area contributed by atoms with E-state index in [9.17, 15) is 4.79 Å². The molecule has 1 aromatic heterocycles. The lowest BCUT2D eigenvalue weighted by Gasteiger charge is -2.04. The lowest BCUT2D eigenvalue weighted by molar-refractivity contribution is 0.0948. The van der Waals surface area contributed by atoms with Crippen molar-refractivity contribution in [3.8, 4) is 0 Å². The van der Waals surface area contributed by atoms with Crippen molar-refractivity contribution >= 4 is 29.0 Å². The van der Waals surface area contributed by atoms with Crippen molar-refractivity contribution < 1.29 is 9.21 Å². The number of carbonyl (C=O) groups is 1. The number of benzene rings is 1. The highest BCUT2D eigenvalue weighted by Gasteiger charge is 2.06. The van der Waals surface area contributed by atoms with Crippen LogP contribution in [0.25, 0.3) is 0 Å². The van der Waals surface area contributed by atoms with Crippen LogP contribution < -0.4 is 11.1 Å². The van der Waals surface area contributed by atoms with Crippen LogP contribution >= 0.6 is 11.6 Å². The first-order valence-corrected chi connectivity index (χ1v) is 6.52. The average Bonchev–Trinajstić information content (AvgIpc) is 2.98. The van der Waals surface area contributed by atoms with Crippen molar-refractivity contribution in [3.05, 3.63) is 54.0 Å². The van der Waals surface area contributed by atoms with Crippen molar-refractivity contribution in [1.29, 1.82) is 0 Å². The molecule has 1 heterocycles. The smallest absolute Gasteiger partial charge is 0.251 e. The SMILES string of the molecule is NC(CCl)=Nc1ccc(C(=O)NCc2ccco2)cc1. The van der Waals surface area contributed by atoms with Gasteiger partial charge in [0, 0.05) is 5.56 Å². The molecule has 0 saturated heterocycles. The summed E-state index contributed by atoms with van der Waals surface area (Å²) >= 11 is 5.54. The molecule has 0 atom stereocenters. The lowest BCUT2D eigenvalue weighted by Crippen LogP contribution is -2.22. The van der Waals surface area contributed by atoms with Gasteiger partial charge in [0.25, 0.3) is 5.91 Å². The van der Waals surface area contributed by atoms with E-state index in [0.717, 1.165) is 0 Å². The number of halogens is 1. The Morgan fingerprint density at radius 3 is 2.65 bits per heavy atom. The number of aliphatic imine (C=N–C) groups is 1. The van der Waals surface area contributed by atoms with E-state index in [4.69, 9.17) is 21.8 Å². The minimum absolute atomic E-state index is 0.172. The maximum atomic E-state index is 11.9. The lowest BCUT2D eigenvalue weighted by atomic mass is 10.2. The van der Waals surface area contributed by atoms with Gasteiger partial charge in [-0.1, -0.05) is 0 Å². The molecule has 104 valence electrons. The first-order chi connectivity index (χ1) is 9.69. The largest absolute Gasteiger partial charge is 0.467 e. The summed E-state index contributed by atoms with van der Waals surface area (Å²) in [7, 11) is 0. The van der Waals surface area contributed by atoms with Gasteiger partial charge < -0.3 is 15.5 Å². The highest BCUT2D eigenvalue weighted by atomic mass is 35.5. The minimum Gasteiger partial charge on any atom is -0.467 e. The molecule has 20 heavy (non-hydrogen) atoms. The number of hydrogen-bond donors (Lipinski definition) is 2. The van der Waals surface area contributed by atoms with Gasteiger partial charge in [-0.05, 0) is 36.4 Å². The molecule has 2 rings (SSSR count). The van der Waals surface area contributed by atoms with Crippen molar-refractivity contribution in [1.82, 2.24) is 5.32 Å². The topological polar surface area (TPSA) is 80.6 Å². The molecule has 0 aliphatic heterocycles. The summed E-state index contributed by atoms with van der Waals surface area (Å²) in [5.41, 5.74) is 6.73. The van der Waals surface area contributed by atoms with Crippen LogP contribution in [0.3, 0.4) is 0 Å². The normalized spacial score (nSPS) is 11.3. The van der Waals surface area contributed by atoms with Gasteiger partial charge >= 0.3 is 0 Å². The summed E-state index contributed by atoms with van der Waals surface area (Å²) in [5.74, 6) is 1.03. The third-order valence-corrected chi connectivity index (χ3v) is 2.82. The Balaban J connectivity index is 1.97.